The molecule has 0 atom stereocenters. The van der Waals surface area contributed by atoms with Crippen LogP contribution in [0.5, 0.6) is 0 Å². The molecule has 0 aromatic heterocycles. The minimum atomic E-state index is -0.986. The Kier molecular flexibility index (Phi) is 4.73. The van der Waals surface area contributed by atoms with Crippen LogP contribution in [-0.2, 0) is 14.3 Å². The van der Waals surface area contributed by atoms with Gasteiger partial charge in [-0.3, -0.25) is 4.79 Å². The van der Waals surface area contributed by atoms with Gasteiger partial charge < -0.3 is 14.6 Å². The first kappa shape index (κ1) is 15.2. The Hall–Kier alpha value is -2.17. The molecule has 0 aliphatic heterocycles. The van der Waals surface area contributed by atoms with Gasteiger partial charge in [0.25, 0.3) is 0 Å². The second-order valence-electron chi connectivity index (χ2n) is 4.69. The van der Waals surface area contributed by atoms with E-state index in [0.29, 0.717) is 11.1 Å². The molecule has 110 valence electrons. The average Bonchev–Trinajstić information content (AvgIpc) is 2.54. The van der Waals surface area contributed by atoms with Gasteiger partial charge in [-0.05, 0) is 18.2 Å². The first-order chi connectivity index (χ1) is 10.1. The fourth-order valence-corrected chi connectivity index (χ4v) is 2.08. The number of aliphatic hydroxyl groups is 1. The molecule has 1 aliphatic rings. The average molecular weight is 286 g/mol. The third-order valence-electron chi connectivity index (χ3n) is 3.43. The fourth-order valence-electron chi connectivity index (χ4n) is 2.08. The number of benzene rings is 1. The lowest BCUT2D eigenvalue weighted by molar-refractivity contribution is -0.178. The van der Waals surface area contributed by atoms with Crippen LogP contribution in [0, 0.1) is 0 Å². The molecule has 1 aromatic rings. The summed E-state index contributed by atoms with van der Waals surface area (Å²) in [5.41, 5.74) is 1.20. The Labute approximate surface area is 124 Å². The molecule has 2 rings (SSSR count). The zero-order valence-corrected chi connectivity index (χ0v) is 12.1. The molecular formula is C17H18O4. The predicted molar refractivity (Wildman–Crippen MR) is 80.6 cm³/mol. The molecule has 1 aromatic carbocycles. The van der Waals surface area contributed by atoms with E-state index in [-0.39, 0.29) is 18.0 Å². The molecule has 0 amide bonds. The highest BCUT2D eigenvalue weighted by molar-refractivity contribution is 6.00. The maximum absolute atomic E-state index is 12.1. The van der Waals surface area contributed by atoms with Crippen LogP contribution in [-0.4, -0.2) is 30.9 Å². The third kappa shape index (κ3) is 3.48. The first-order valence-electron chi connectivity index (χ1n) is 6.59. The lowest BCUT2D eigenvalue weighted by Gasteiger charge is -2.29. The molecule has 4 nitrogen and oxygen atoms in total. The van der Waals surface area contributed by atoms with E-state index in [4.69, 9.17) is 9.47 Å². The van der Waals surface area contributed by atoms with Crippen molar-refractivity contribution in [2.24, 2.45) is 0 Å². The molecular weight excluding hydrogens is 268 g/mol. The topological polar surface area (TPSA) is 55.8 Å². The van der Waals surface area contributed by atoms with Crippen molar-refractivity contribution in [2.45, 2.75) is 12.2 Å². The van der Waals surface area contributed by atoms with E-state index in [1.807, 2.05) is 18.2 Å². The van der Waals surface area contributed by atoms with Gasteiger partial charge in [0.1, 0.15) is 5.76 Å². The number of ether oxygens (including phenoxy) is 2. The number of hydrogen-bond acceptors (Lipinski definition) is 4. The summed E-state index contributed by atoms with van der Waals surface area (Å²) in [4.78, 5) is 12.1. The predicted octanol–water partition coefficient (Wildman–Crippen LogP) is 3.03. The van der Waals surface area contributed by atoms with Gasteiger partial charge in [0, 0.05) is 25.4 Å². The fraction of sp³-hybridized carbons (Fsp3) is 0.235. The van der Waals surface area contributed by atoms with Crippen LogP contribution in [0.4, 0.5) is 0 Å². The summed E-state index contributed by atoms with van der Waals surface area (Å²) in [6.45, 7) is 0. The second-order valence-corrected chi connectivity index (χ2v) is 4.69. The molecule has 0 radical (unpaired) electrons. The highest BCUT2D eigenvalue weighted by Gasteiger charge is 2.33. The summed E-state index contributed by atoms with van der Waals surface area (Å²) in [6, 6.07) is 9.14. The van der Waals surface area contributed by atoms with Crippen molar-refractivity contribution in [3.63, 3.8) is 0 Å². The molecule has 1 N–H and O–H groups in total. The second kappa shape index (κ2) is 6.52. The van der Waals surface area contributed by atoms with Gasteiger partial charge in [-0.2, -0.15) is 0 Å². The van der Waals surface area contributed by atoms with Crippen LogP contribution in [0.2, 0.25) is 0 Å². The van der Waals surface area contributed by atoms with E-state index in [1.165, 1.54) is 20.3 Å². The zero-order valence-electron chi connectivity index (χ0n) is 12.1. The molecule has 0 fully saturated rings. The number of carbonyl (C=O) groups excluding carboxylic acids is 1. The van der Waals surface area contributed by atoms with Gasteiger partial charge in [0.15, 0.2) is 11.6 Å². The Morgan fingerprint density at radius 3 is 2.48 bits per heavy atom. The number of allylic oxidation sites excluding steroid dienone is 4. The van der Waals surface area contributed by atoms with Crippen LogP contribution in [0.15, 0.2) is 60.2 Å². The number of rotatable bonds is 4. The van der Waals surface area contributed by atoms with Crippen LogP contribution >= 0.6 is 0 Å². The van der Waals surface area contributed by atoms with Gasteiger partial charge in [-0.1, -0.05) is 36.4 Å². The Morgan fingerprint density at radius 1 is 1.24 bits per heavy atom. The maximum atomic E-state index is 12.1. The largest absolute Gasteiger partial charge is 0.507 e. The summed E-state index contributed by atoms with van der Waals surface area (Å²) in [5.74, 6) is -0.975. The molecule has 1 aliphatic carbocycles. The summed E-state index contributed by atoms with van der Waals surface area (Å²) in [7, 11) is 2.99. The van der Waals surface area contributed by atoms with E-state index in [1.54, 1.807) is 30.4 Å². The van der Waals surface area contributed by atoms with E-state index in [9.17, 15) is 9.90 Å². The molecule has 0 bridgehead atoms. The van der Waals surface area contributed by atoms with E-state index in [0.717, 1.165) is 0 Å². The van der Waals surface area contributed by atoms with E-state index in [2.05, 4.69) is 0 Å². The van der Waals surface area contributed by atoms with Crippen molar-refractivity contribution in [2.75, 3.05) is 14.2 Å². The standard InChI is InChI=1S/C17H18O4/c1-20-17(21-2)11-10-14(16(19)12-17)8-9-15(18)13-6-4-3-5-7-13/h3-11,18H,12H2,1-2H3. The van der Waals surface area contributed by atoms with Crippen LogP contribution < -0.4 is 0 Å². The Bertz CT molecular complexity index is 592. The monoisotopic (exact) mass is 286 g/mol. The zero-order chi connectivity index (χ0) is 15.3. The molecule has 0 spiro atoms. The normalized spacial score (nSPS) is 20.0. The molecule has 21 heavy (non-hydrogen) atoms. The van der Waals surface area contributed by atoms with Crippen molar-refractivity contribution in [3.8, 4) is 0 Å². The smallest absolute Gasteiger partial charge is 0.194 e. The lowest BCUT2D eigenvalue weighted by atomic mass is 9.95. The van der Waals surface area contributed by atoms with Gasteiger partial charge in [-0.15, -0.1) is 0 Å². The first-order valence-corrected chi connectivity index (χ1v) is 6.59. The lowest BCUT2D eigenvalue weighted by Crippen LogP contribution is -2.36. The van der Waals surface area contributed by atoms with Crippen molar-refractivity contribution in [1.29, 1.82) is 0 Å². The van der Waals surface area contributed by atoms with Gasteiger partial charge in [0.05, 0.1) is 6.42 Å². The highest BCUT2D eigenvalue weighted by Crippen LogP contribution is 2.26. The molecule has 0 saturated heterocycles. The van der Waals surface area contributed by atoms with E-state index < -0.39 is 5.79 Å². The molecule has 0 unspecified atom stereocenters. The number of hydrogen-bond donors (Lipinski definition) is 1. The minimum absolute atomic E-state index is 0.0988. The van der Waals surface area contributed by atoms with Crippen LogP contribution in [0.3, 0.4) is 0 Å². The molecule has 0 heterocycles. The summed E-state index contributed by atoms with van der Waals surface area (Å²) >= 11 is 0. The van der Waals surface area contributed by atoms with Crippen molar-refractivity contribution < 1.29 is 19.4 Å². The SMILES string of the molecule is COC1(OC)C=CC(=CC=C(O)c2ccccc2)C(=O)C1. The van der Waals surface area contributed by atoms with E-state index >= 15 is 0 Å². The molecule has 4 heteroatoms. The quantitative estimate of drug-likeness (QED) is 0.525. The van der Waals surface area contributed by atoms with Crippen LogP contribution in [0.1, 0.15) is 12.0 Å². The Balaban J connectivity index is 2.21. The number of aliphatic hydroxyl groups excluding tert-OH is 1. The van der Waals surface area contributed by atoms with Crippen molar-refractivity contribution >= 4 is 11.5 Å². The van der Waals surface area contributed by atoms with Gasteiger partial charge in [-0.25, -0.2) is 0 Å². The minimum Gasteiger partial charge on any atom is -0.507 e. The van der Waals surface area contributed by atoms with Gasteiger partial charge in [0.2, 0.25) is 0 Å². The van der Waals surface area contributed by atoms with Crippen molar-refractivity contribution in [3.05, 3.63) is 65.8 Å². The number of methoxy groups -OCH3 is 2. The summed E-state index contributed by atoms with van der Waals surface area (Å²) in [6.07, 6.45) is 6.57. The van der Waals surface area contributed by atoms with Crippen LogP contribution in [0.25, 0.3) is 5.76 Å². The number of carbonyl (C=O) groups is 1. The van der Waals surface area contributed by atoms with Crippen molar-refractivity contribution in [1.82, 2.24) is 0 Å². The summed E-state index contributed by atoms with van der Waals surface area (Å²) < 4.78 is 10.4. The third-order valence-corrected chi connectivity index (χ3v) is 3.43. The number of ketones is 1. The number of Topliss-reactive ketones (excluding diaryl/α,β-unsaturated/α-hetero) is 1. The highest BCUT2D eigenvalue weighted by atomic mass is 16.7. The maximum Gasteiger partial charge on any atom is 0.194 e. The Morgan fingerprint density at radius 2 is 1.90 bits per heavy atom. The van der Waals surface area contributed by atoms with Gasteiger partial charge >= 0.3 is 0 Å². The molecule has 0 saturated carbocycles. The summed E-state index contributed by atoms with van der Waals surface area (Å²) in [5, 5.41) is 9.96.